The second-order valence-corrected chi connectivity index (χ2v) is 6.24. The minimum atomic E-state index is -0.205. The fourth-order valence-corrected chi connectivity index (χ4v) is 2.86. The Kier molecular flexibility index (Phi) is 6.16. The summed E-state index contributed by atoms with van der Waals surface area (Å²) in [6, 6.07) is 6.71. The number of Topliss-reactive ketones (excluding diaryl/α,β-unsaturated/α-hetero) is 1. The van der Waals surface area contributed by atoms with Crippen LogP contribution < -0.4 is 10.6 Å². The first kappa shape index (κ1) is 17.5. The molecular weight excluding hydrogens is 292 g/mol. The highest BCUT2D eigenvalue weighted by atomic mass is 16.5. The lowest BCUT2D eigenvalue weighted by molar-refractivity contribution is 0.0561. The van der Waals surface area contributed by atoms with E-state index >= 15 is 0 Å². The highest BCUT2D eigenvalue weighted by molar-refractivity contribution is 5.95. The molecule has 0 saturated heterocycles. The van der Waals surface area contributed by atoms with E-state index in [0.29, 0.717) is 17.8 Å². The second kappa shape index (κ2) is 8.11. The van der Waals surface area contributed by atoms with Gasteiger partial charge in [-0.25, -0.2) is 4.79 Å². The Morgan fingerprint density at radius 1 is 1.22 bits per heavy atom. The number of benzene rings is 1. The van der Waals surface area contributed by atoms with E-state index in [1.54, 1.807) is 24.3 Å². The van der Waals surface area contributed by atoms with Crippen LogP contribution in [0.5, 0.6) is 0 Å². The van der Waals surface area contributed by atoms with Crippen LogP contribution in [0.2, 0.25) is 0 Å². The molecular formula is C18H26N2O3. The monoisotopic (exact) mass is 318 g/mol. The summed E-state index contributed by atoms with van der Waals surface area (Å²) in [6.07, 6.45) is 4.51. The fraction of sp³-hybridized carbons (Fsp3) is 0.556. The van der Waals surface area contributed by atoms with Gasteiger partial charge < -0.3 is 15.4 Å². The highest BCUT2D eigenvalue weighted by Gasteiger charge is 2.36. The maximum Gasteiger partial charge on any atom is 0.319 e. The van der Waals surface area contributed by atoms with Gasteiger partial charge in [-0.3, -0.25) is 4.79 Å². The quantitative estimate of drug-likeness (QED) is 0.568. The van der Waals surface area contributed by atoms with E-state index in [1.807, 2.05) is 6.92 Å². The molecule has 0 heterocycles. The summed E-state index contributed by atoms with van der Waals surface area (Å²) in [5.74, 6) is 0.0159. The van der Waals surface area contributed by atoms with Gasteiger partial charge in [-0.05, 0) is 62.8 Å². The lowest BCUT2D eigenvalue weighted by Crippen LogP contribution is -2.44. The van der Waals surface area contributed by atoms with E-state index in [-0.39, 0.29) is 17.2 Å². The van der Waals surface area contributed by atoms with Crippen LogP contribution in [0.1, 0.15) is 49.9 Å². The van der Waals surface area contributed by atoms with Gasteiger partial charge in [0.05, 0.1) is 0 Å². The number of anilines is 1. The minimum Gasteiger partial charge on any atom is -0.382 e. The number of hydrogen-bond acceptors (Lipinski definition) is 3. The third-order valence-electron chi connectivity index (χ3n) is 4.57. The number of ketones is 1. The number of urea groups is 1. The molecule has 1 aliphatic carbocycles. The fourth-order valence-electron chi connectivity index (χ4n) is 2.86. The van der Waals surface area contributed by atoms with E-state index < -0.39 is 0 Å². The van der Waals surface area contributed by atoms with Gasteiger partial charge in [-0.2, -0.15) is 0 Å². The molecule has 2 amide bonds. The summed E-state index contributed by atoms with van der Waals surface area (Å²) in [7, 11) is 0. The van der Waals surface area contributed by atoms with Gasteiger partial charge in [-0.15, -0.1) is 0 Å². The Balaban J connectivity index is 1.78. The zero-order valence-electron chi connectivity index (χ0n) is 14.0. The van der Waals surface area contributed by atoms with Crippen LogP contribution in [-0.2, 0) is 4.74 Å². The van der Waals surface area contributed by atoms with Gasteiger partial charge in [0.15, 0.2) is 5.78 Å². The first-order valence-corrected chi connectivity index (χ1v) is 8.28. The molecule has 23 heavy (non-hydrogen) atoms. The summed E-state index contributed by atoms with van der Waals surface area (Å²) in [4.78, 5) is 23.3. The van der Waals surface area contributed by atoms with Crippen LogP contribution in [0.4, 0.5) is 10.5 Å². The van der Waals surface area contributed by atoms with E-state index in [2.05, 4.69) is 10.6 Å². The lowest BCUT2D eigenvalue weighted by Gasteiger charge is -2.42. The first-order valence-electron chi connectivity index (χ1n) is 8.28. The van der Waals surface area contributed by atoms with Crippen molar-refractivity contribution in [3.8, 4) is 0 Å². The molecule has 0 atom stereocenters. The highest BCUT2D eigenvalue weighted by Crippen LogP contribution is 2.43. The molecule has 126 valence electrons. The molecule has 0 aliphatic heterocycles. The zero-order chi connectivity index (χ0) is 16.7. The molecule has 1 aromatic carbocycles. The minimum absolute atomic E-state index is 0.0159. The molecule has 1 fully saturated rings. The molecule has 0 unspecified atom stereocenters. The van der Waals surface area contributed by atoms with Crippen LogP contribution in [0.15, 0.2) is 24.3 Å². The van der Waals surface area contributed by atoms with E-state index in [9.17, 15) is 9.59 Å². The number of carbonyl (C=O) groups excluding carboxylic acids is 2. The normalized spacial score (nSPS) is 15.6. The molecule has 2 N–H and O–H groups in total. The van der Waals surface area contributed by atoms with E-state index in [0.717, 1.165) is 32.5 Å². The first-order chi connectivity index (χ1) is 11.0. The molecule has 5 heteroatoms. The van der Waals surface area contributed by atoms with Crippen molar-refractivity contribution in [2.45, 2.75) is 39.5 Å². The number of rotatable bonds is 8. The van der Waals surface area contributed by atoms with Crippen molar-refractivity contribution in [2.75, 3.05) is 25.1 Å². The SMILES string of the molecule is CCOCCC1(CNC(=O)Nc2ccc(C(C)=O)cc2)CCC1. The Bertz CT molecular complexity index is 536. The number of hydrogen-bond donors (Lipinski definition) is 2. The van der Waals surface area contributed by atoms with Crippen molar-refractivity contribution in [3.63, 3.8) is 0 Å². The summed E-state index contributed by atoms with van der Waals surface area (Å²) < 4.78 is 5.44. The Morgan fingerprint density at radius 2 is 1.91 bits per heavy atom. The molecule has 1 aliphatic rings. The summed E-state index contributed by atoms with van der Waals surface area (Å²) >= 11 is 0. The van der Waals surface area contributed by atoms with Crippen molar-refractivity contribution in [1.29, 1.82) is 0 Å². The smallest absolute Gasteiger partial charge is 0.319 e. The molecule has 0 radical (unpaired) electrons. The molecule has 2 rings (SSSR count). The van der Waals surface area contributed by atoms with Crippen molar-refractivity contribution in [1.82, 2.24) is 5.32 Å². The van der Waals surface area contributed by atoms with Crippen LogP contribution in [0.3, 0.4) is 0 Å². The predicted octanol–water partition coefficient (Wildman–Crippen LogP) is 3.61. The van der Waals surface area contributed by atoms with Gasteiger partial charge in [0.25, 0.3) is 0 Å². The second-order valence-electron chi connectivity index (χ2n) is 6.24. The summed E-state index contributed by atoms with van der Waals surface area (Å²) in [5.41, 5.74) is 1.52. The van der Waals surface area contributed by atoms with Gasteiger partial charge in [0.1, 0.15) is 0 Å². The molecule has 0 bridgehead atoms. The van der Waals surface area contributed by atoms with Crippen LogP contribution >= 0.6 is 0 Å². The van der Waals surface area contributed by atoms with Crippen LogP contribution in [0, 0.1) is 5.41 Å². The molecule has 1 saturated carbocycles. The van der Waals surface area contributed by atoms with Crippen molar-refractivity contribution in [2.24, 2.45) is 5.41 Å². The Hall–Kier alpha value is -1.88. The third-order valence-corrected chi connectivity index (χ3v) is 4.57. The average Bonchev–Trinajstić information content (AvgIpc) is 2.49. The largest absolute Gasteiger partial charge is 0.382 e. The van der Waals surface area contributed by atoms with Crippen LogP contribution in [0.25, 0.3) is 0 Å². The maximum absolute atomic E-state index is 12.0. The van der Waals surface area contributed by atoms with Gasteiger partial charge in [0.2, 0.25) is 0 Å². The van der Waals surface area contributed by atoms with Crippen molar-refractivity contribution < 1.29 is 14.3 Å². The van der Waals surface area contributed by atoms with E-state index in [4.69, 9.17) is 4.74 Å². The molecule has 0 aromatic heterocycles. The summed E-state index contributed by atoms with van der Waals surface area (Å²) in [5, 5.41) is 5.77. The van der Waals surface area contributed by atoms with Crippen molar-refractivity contribution in [3.05, 3.63) is 29.8 Å². The van der Waals surface area contributed by atoms with E-state index in [1.165, 1.54) is 13.3 Å². The lowest BCUT2D eigenvalue weighted by atomic mass is 9.67. The predicted molar refractivity (Wildman–Crippen MR) is 90.9 cm³/mol. The third kappa shape index (κ3) is 5.06. The maximum atomic E-state index is 12.0. The number of nitrogens with one attached hydrogen (secondary N) is 2. The molecule has 0 spiro atoms. The topological polar surface area (TPSA) is 67.4 Å². The van der Waals surface area contributed by atoms with Crippen LogP contribution in [-0.4, -0.2) is 31.6 Å². The number of carbonyl (C=O) groups is 2. The zero-order valence-corrected chi connectivity index (χ0v) is 14.0. The van der Waals surface area contributed by atoms with Gasteiger partial charge >= 0.3 is 6.03 Å². The number of amides is 2. The standard InChI is InChI=1S/C18H26N2O3/c1-3-23-12-11-18(9-4-10-18)13-19-17(22)20-16-7-5-15(6-8-16)14(2)21/h5-8H,3-4,9-13H2,1-2H3,(H2,19,20,22). The Labute approximate surface area is 137 Å². The Morgan fingerprint density at radius 3 is 2.43 bits per heavy atom. The molecule has 1 aromatic rings. The van der Waals surface area contributed by atoms with Crippen molar-refractivity contribution >= 4 is 17.5 Å². The van der Waals surface area contributed by atoms with Gasteiger partial charge in [0, 0.05) is 31.0 Å². The van der Waals surface area contributed by atoms with Gasteiger partial charge in [-0.1, -0.05) is 6.42 Å². The average molecular weight is 318 g/mol. The summed E-state index contributed by atoms with van der Waals surface area (Å²) in [6.45, 7) is 5.69. The number of ether oxygens (including phenoxy) is 1. The molecule has 5 nitrogen and oxygen atoms in total.